The van der Waals surface area contributed by atoms with E-state index in [1.165, 1.54) is 0 Å². The number of hydrogen-bond donors (Lipinski definition) is 2. The van der Waals surface area contributed by atoms with E-state index in [1.807, 2.05) is 0 Å². The zero-order valence-corrected chi connectivity index (χ0v) is 7.96. The molecule has 11 heavy (non-hydrogen) atoms. The van der Waals surface area contributed by atoms with Gasteiger partial charge in [-0.2, -0.15) is 0 Å². The van der Waals surface area contributed by atoms with Gasteiger partial charge in [0, 0.05) is 13.7 Å². The van der Waals surface area contributed by atoms with Gasteiger partial charge in [-0.25, -0.2) is 0 Å². The predicted octanol–water partition coefficient (Wildman–Crippen LogP) is 0.0536. The summed E-state index contributed by atoms with van der Waals surface area (Å²) in [6.45, 7) is 2.47. The Morgan fingerprint density at radius 3 is 2.82 bits per heavy atom. The third kappa shape index (κ3) is 10.1. The van der Waals surface area contributed by atoms with Gasteiger partial charge in [-0.3, -0.25) is 0 Å². The number of rotatable bonds is 8. The molecule has 0 aliphatic rings. The Balaban J connectivity index is 3.39. The van der Waals surface area contributed by atoms with Crippen molar-refractivity contribution >= 4 is 8.56 Å². The van der Waals surface area contributed by atoms with Gasteiger partial charge in [-0.15, -0.1) is 0 Å². The molecule has 0 rings (SSSR count). The second-order valence-electron chi connectivity index (χ2n) is 2.55. The predicted molar refractivity (Wildman–Crippen MR) is 43.3 cm³/mol. The lowest BCUT2D eigenvalue weighted by atomic mass is 10.5. The minimum absolute atomic E-state index is 0.266. The van der Waals surface area contributed by atoms with Crippen LogP contribution in [0.3, 0.4) is 0 Å². The van der Waals surface area contributed by atoms with Crippen LogP contribution in [0.5, 0.6) is 0 Å². The normalized spacial score (nSPS) is 14.4. The van der Waals surface area contributed by atoms with Gasteiger partial charge in [0.1, 0.15) is 6.79 Å². The molecular formula is C6H16O4Si. The van der Waals surface area contributed by atoms with Gasteiger partial charge in [0.2, 0.25) is 0 Å². The first kappa shape index (κ1) is 7.69. The van der Waals surface area contributed by atoms with Crippen molar-refractivity contribution in [3.63, 3.8) is 0 Å². The van der Waals surface area contributed by atoms with Gasteiger partial charge in [0.15, 0.2) is 2.86 Å². The second-order valence-corrected chi connectivity index (χ2v) is 5.32. The smallest absolute Gasteiger partial charge is 0.329 e. The van der Waals surface area contributed by atoms with Crippen LogP contribution >= 0.6 is 0 Å². The van der Waals surface area contributed by atoms with Crippen molar-refractivity contribution < 1.29 is 19.1 Å². The van der Waals surface area contributed by atoms with E-state index in [-0.39, 0.29) is 6.79 Å². The summed E-state index contributed by atoms with van der Waals surface area (Å²) in [6.07, 6.45) is 0.712. The zero-order chi connectivity index (χ0) is 10.2. The van der Waals surface area contributed by atoms with E-state index in [0.29, 0.717) is 19.1 Å². The van der Waals surface area contributed by atoms with Gasteiger partial charge in [0.25, 0.3) is 0 Å². The molecule has 0 aromatic carbocycles. The lowest BCUT2D eigenvalue weighted by Crippen LogP contribution is -2.29. The van der Waals surface area contributed by atoms with Gasteiger partial charge in [-0.05, 0) is 19.0 Å². The fraction of sp³-hybridized carbons (Fsp3) is 1.00. The standard InChI is InChI=1S/C6H16O4Si/c1-9-6-10-4-3-5-11(2,7)8/h7-8H,3-6H2,1-2H3/i7T,8T. The van der Waals surface area contributed by atoms with Crippen LogP contribution in [-0.4, -0.2) is 41.5 Å². The average molecular weight is 184 g/mol. The number of hydrogen-bond acceptors (Lipinski definition) is 4. The molecule has 0 heterocycles. The lowest BCUT2D eigenvalue weighted by Gasteiger charge is -2.10. The lowest BCUT2D eigenvalue weighted by molar-refractivity contribution is -0.0304. The van der Waals surface area contributed by atoms with Crippen molar-refractivity contribution in [3.8, 4) is 0 Å². The van der Waals surface area contributed by atoms with Crippen molar-refractivity contribution in [2.75, 3.05) is 20.5 Å². The molecule has 0 amide bonds. The summed E-state index contributed by atoms with van der Waals surface area (Å²) < 4.78 is 23.2. The summed E-state index contributed by atoms with van der Waals surface area (Å²) in [6, 6.07) is 0.573. The highest BCUT2D eigenvalue weighted by Gasteiger charge is 2.19. The molecule has 0 aromatic rings. The van der Waals surface area contributed by atoms with Crippen LogP contribution in [0.15, 0.2) is 0 Å². The maximum Gasteiger partial charge on any atom is 0.329 e. The molecular weight excluding hydrogens is 164 g/mol. The maximum atomic E-state index is 6.72. The molecule has 68 valence electrons. The molecule has 0 unspecified atom stereocenters. The number of methoxy groups -OCH3 is 1. The average Bonchev–Trinajstić information content (AvgIpc) is 2.17. The zero-order valence-electron chi connectivity index (χ0n) is 8.96. The summed E-state index contributed by atoms with van der Waals surface area (Å²) in [7, 11) is -0.991. The Bertz CT molecular complexity index is 123. The molecule has 4 nitrogen and oxygen atoms in total. The van der Waals surface area contributed by atoms with E-state index in [4.69, 9.17) is 7.60 Å². The first-order valence-corrected chi connectivity index (χ1v) is 6.06. The molecule has 0 bridgehead atoms. The van der Waals surface area contributed by atoms with Crippen LogP contribution in [0.25, 0.3) is 0 Å². The fourth-order valence-corrected chi connectivity index (χ4v) is 1.42. The maximum absolute atomic E-state index is 6.72. The Hall–Kier alpha value is 0.0569. The third-order valence-corrected chi connectivity index (χ3v) is 2.38. The molecule has 0 radical (unpaired) electrons. The molecule has 0 saturated heterocycles. The van der Waals surface area contributed by atoms with Gasteiger partial charge in [0.05, 0.1) is 0 Å². The van der Waals surface area contributed by atoms with Crippen LogP contribution in [0.2, 0.25) is 12.6 Å². The number of ether oxygens (including phenoxy) is 2. The fourth-order valence-electron chi connectivity index (χ4n) is 0.638. The van der Waals surface area contributed by atoms with E-state index in [2.05, 4.69) is 14.3 Å². The molecule has 0 aliphatic heterocycles. The van der Waals surface area contributed by atoms with Crippen LogP contribution in [0.4, 0.5) is 0 Å². The van der Waals surface area contributed by atoms with E-state index in [9.17, 15) is 0 Å². The Morgan fingerprint density at radius 1 is 1.55 bits per heavy atom. The van der Waals surface area contributed by atoms with E-state index in [0.717, 1.165) is 0 Å². The van der Waals surface area contributed by atoms with E-state index < -0.39 is 8.56 Å². The highest BCUT2D eigenvalue weighted by molar-refractivity contribution is 6.63. The highest BCUT2D eigenvalue weighted by Crippen LogP contribution is 2.03. The summed E-state index contributed by atoms with van der Waals surface area (Å²) in [5.74, 6) is 0. The molecule has 5 heteroatoms. The van der Waals surface area contributed by atoms with Crippen molar-refractivity contribution in [1.29, 1.82) is 2.86 Å². The van der Waals surface area contributed by atoms with Crippen molar-refractivity contribution in [2.45, 2.75) is 19.0 Å². The van der Waals surface area contributed by atoms with Gasteiger partial charge >= 0.3 is 8.56 Å². The Kier molecular flexibility index (Phi) is 3.97. The minimum atomic E-state index is -2.55. The van der Waals surface area contributed by atoms with Crippen molar-refractivity contribution in [2.24, 2.45) is 0 Å². The van der Waals surface area contributed by atoms with E-state index >= 15 is 0 Å². The minimum Gasteiger partial charge on any atom is -0.411 e. The van der Waals surface area contributed by atoms with Crippen LogP contribution < -0.4 is 0 Å². The SMILES string of the molecule is [3H]O[Si](C)(CCCOCOC)O[3H]. The van der Waals surface area contributed by atoms with Crippen molar-refractivity contribution in [3.05, 3.63) is 0 Å². The summed E-state index contributed by atoms with van der Waals surface area (Å²) in [5, 5.41) is 0. The van der Waals surface area contributed by atoms with E-state index in [1.54, 1.807) is 13.7 Å². The molecule has 2 N–H and O–H groups in total. The van der Waals surface area contributed by atoms with Crippen molar-refractivity contribution in [1.82, 2.24) is 0 Å². The summed E-state index contributed by atoms with van der Waals surface area (Å²) >= 11 is 0. The first-order chi connectivity index (χ1) is 6.18. The molecule has 0 spiro atoms. The molecule has 0 atom stereocenters. The first-order valence-electron chi connectivity index (χ1n) is 4.35. The quantitative estimate of drug-likeness (QED) is 0.318. The van der Waals surface area contributed by atoms with Gasteiger partial charge in [-0.1, -0.05) is 0 Å². The Labute approximate surface area is 71.0 Å². The molecule has 0 aliphatic carbocycles. The van der Waals surface area contributed by atoms with Crippen LogP contribution in [-0.2, 0) is 9.47 Å². The van der Waals surface area contributed by atoms with Gasteiger partial charge < -0.3 is 19.1 Å². The van der Waals surface area contributed by atoms with Crippen LogP contribution in [0, 0.1) is 0 Å². The monoisotopic (exact) mass is 184 g/mol. The third-order valence-electron chi connectivity index (χ3n) is 1.12. The largest absolute Gasteiger partial charge is 0.411 e. The topological polar surface area (TPSA) is 58.9 Å². The molecule has 0 saturated carbocycles. The molecule has 0 fully saturated rings. The highest BCUT2D eigenvalue weighted by atomic mass is 28.4. The summed E-state index contributed by atoms with van der Waals surface area (Å²) in [4.78, 5) is 8.77. The second kappa shape index (κ2) is 5.67. The summed E-state index contributed by atoms with van der Waals surface area (Å²) in [5.41, 5.74) is 0. The Morgan fingerprint density at radius 2 is 2.27 bits per heavy atom. The van der Waals surface area contributed by atoms with Crippen LogP contribution in [0.1, 0.15) is 6.42 Å². The molecule has 0 aromatic heterocycles.